The highest BCUT2D eigenvalue weighted by molar-refractivity contribution is 5.86. The molecular formula is C12H21N3O4. The summed E-state index contributed by atoms with van der Waals surface area (Å²) < 4.78 is 0. The van der Waals surface area contributed by atoms with Crippen LogP contribution in [0.2, 0.25) is 0 Å². The average Bonchev–Trinajstić information content (AvgIpc) is 2.77. The van der Waals surface area contributed by atoms with Gasteiger partial charge in [0, 0.05) is 12.6 Å². The van der Waals surface area contributed by atoms with Gasteiger partial charge in [0.25, 0.3) is 0 Å². The molecule has 0 radical (unpaired) electrons. The highest BCUT2D eigenvalue weighted by Gasteiger charge is 2.33. The Morgan fingerprint density at radius 1 is 1.47 bits per heavy atom. The largest absolute Gasteiger partial charge is 0.481 e. The van der Waals surface area contributed by atoms with Gasteiger partial charge in [-0.15, -0.1) is 0 Å². The average molecular weight is 271 g/mol. The van der Waals surface area contributed by atoms with Crippen LogP contribution in [0.4, 0.5) is 4.79 Å². The number of primary amides is 1. The van der Waals surface area contributed by atoms with Crippen molar-refractivity contribution in [2.24, 2.45) is 5.73 Å². The molecule has 3 amide bonds. The quantitative estimate of drug-likeness (QED) is 0.644. The number of carbonyl (C=O) groups is 3. The van der Waals surface area contributed by atoms with Gasteiger partial charge in [-0.3, -0.25) is 9.59 Å². The molecule has 7 nitrogen and oxygen atoms in total. The zero-order valence-corrected chi connectivity index (χ0v) is 11.1. The monoisotopic (exact) mass is 271 g/mol. The first kappa shape index (κ1) is 15.3. The molecule has 19 heavy (non-hydrogen) atoms. The molecule has 0 saturated carbocycles. The molecule has 1 aliphatic rings. The molecule has 2 unspecified atom stereocenters. The molecule has 7 heteroatoms. The molecule has 108 valence electrons. The molecular weight excluding hydrogens is 250 g/mol. The Kier molecular flexibility index (Phi) is 5.59. The smallest absolute Gasteiger partial charge is 0.318 e. The fraction of sp³-hybridized carbons (Fsp3) is 0.750. The number of hydrogen-bond acceptors (Lipinski definition) is 3. The van der Waals surface area contributed by atoms with E-state index >= 15 is 0 Å². The highest BCUT2D eigenvalue weighted by Crippen LogP contribution is 2.17. The standard InChI is InChI=1S/C12H21N3O4/c1-2-4-8(7-10(16)17)14-12(19)15-6-3-5-9(15)11(13)18/h8-9H,2-7H2,1H3,(H2,13,18)(H,14,19)(H,16,17). The number of hydrogen-bond donors (Lipinski definition) is 3. The summed E-state index contributed by atoms with van der Waals surface area (Å²) in [5.74, 6) is -1.47. The van der Waals surface area contributed by atoms with Crippen molar-refractivity contribution < 1.29 is 19.5 Å². The zero-order valence-electron chi connectivity index (χ0n) is 11.1. The normalized spacial score (nSPS) is 20.1. The third-order valence-electron chi connectivity index (χ3n) is 3.23. The van der Waals surface area contributed by atoms with E-state index in [-0.39, 0.29) is 6.42 Å². The SMILES string of the molecule is CCCC(CC(=O)O)NC(=O)N1CCCC1C(N)=O. The highest BCUT2D eigenvalue weighted by atomic mass is 16.4. The zero-order chi connectivity index (χ0) is 14.4. The molecule has 0 spiro atoms. The minimum Gasteiger partial charge on any atom is -0.481 e. The van der Waals surface area contributed by atoms with E-state index < -0.39 is 30.0 Å². The first-order valence-electron chi connectivity index (χ1n) is 6.54. The molecule has 1 aliphatic heterocycles. The van der Waals surface area contributed by atoms with Gasteiger partial charge in [0.15, 0.2) is 0 Å². The van der Waals surface area contributed by atoms with Gasteiger partial charge in [0.2, 0.25) is 5.91 Å². The summed E-state index contributed by atoms with van der Waals surface area (Å²) in [6, 6.07) is -1.39. The topological polar surface area (TPSA) is 113 Å². The summed E-state index contributed by atoms with van der Waals surface area (Å²) in [6.45, 7) is 2.40. The maximum Gasteiger partial charge on any atom is 0.318 e. The lowest BCUT2D eigenvalue weighted by molar-refractivity contribution is -0.137. The predicted molar refractivity (Wildman–Crippen MR) is 68.4 cm³/mol. The number of nitrogens with two attached hydrogens (primary N) is 1. The van der Waals surface area contributed by atoms with E-state index in [1.54, 1.807) is 0 Å². The molecule has 1 rings (SSSR count). The van der Waals surface area contributed by atoms with Crippen LogP contribution in [0.15, 0.2) is 0 Å². The maximum atomic E-state index is 12.0. The number of nitrogens with one attached hydrogen (secondary N) is 1. The Hall–Kier alpha value is -1.79. The molecule has 0 aromatic heterocycles. The van der Waals surface area contributed by atoms with Crippen molar-refractivity contribution in [2.45, 2.75) is 51.1 Å². The Balaban J connectivity index is 2.60. The van der Waals surface area contributed by atoms with E-state index in [0.717, 1.165) is 12.8 Å². The van der Waals surface area contributed by atoms with Gasteiger partial charge in [-0.1, -0.05) is 13.3 Å². The van der Waals surface area contributed by atoms with Crippen molar-refractivity contribution in [3.63, 3.8) is 0 Å². The van der Waals surface area contributed by atoms with Gasteiger partial charge in [-0.05, 0) is 19.3 Å². The number of aliphatic carboxylic acids is 1. The Morgan fingerprint density at radius 2 is 2.16 bits per heavy atom. The van der Waals surface area contributed by atoms with E-state index in [1.807, 2.05) is 6.92 Å². The van der Waals surface area contributed by atoms with Crippen molar-refractivity contribution in [3.8, 4) is 0 Å². The van der Waals surface area contributed by atoms with Crippen molar-refractivity contribution in [1.29, 1.82) is 0 Å². The number of amides is 3. The number of nitrogens with zero attached hydrogens (tertiary/aromatic N) is 1. The summed E-state index contributed by atoms with van der Waals surface area (Å²) in [4.78, 5) is 35.4. The molecule has 0 aromatic rings. The van der Waals surface area contributed by atoms with Crippen LogP contribution in [0.1, 0.15) is 39.0 Å². The summed E-state index contributed by atoms with van der Waals surface area (Å²) >= 11 is 0. The lowest BCUT2D eigenvalue weighted by atomic mass is 10.1. The third kappa shape index (κ3) is 4.42. The first-order valence-corrected chi connectivity index (χ1v) is 6.54. The van der Waals surface area contributed by atoms with Gasteiger partial charge in [0.05, 0.1) is 6.42 Å². The minimum atomic E-state index is -0.952. The predicted octanol–water partition coefficient (Wildman–Crippen LogP) is 0.289. The van der Waals surface area contributed by atoms with Crippen LogP contribution in [-0.2, 0) is 9.59 Å². The van der Waals surface area contributed by atoms with E-state index in [9.17, 15) is 14.4 Å². The number of carboxylic acid groups (broad SMARTS) is 1. The fourth-order valence-electron chi connectivity index (χ4n) is 2.35. The second-order valence-electron chi connectivity index (χ2n) is 4.79. The summed E-state index contributed by atoms with van der Waals surface area (Å²) in [6.07, 6.45) is 2.55. The summed E-state index contributed by atoms with van der Waals surface area (Å²) in [7, 11) is 0. The van der Waals surface area contributed by atoms with E-state index in [1.165, 1.54) is 4.90 Å². The molecule has 0 bridgehead atoms. The Labute approximate surface area is 112 Å². The Morgan fingerprint density at radius 3 is 2.68 bits per heavy atom. The van der Waals surface area contributed by atoms with Crippen molar-refractivity contribution in [1.82, 2.24) is 10.2 Å². The summed E-state index contributed by atoms with van der Waals surface area (Å²) in [5, 5.41) is 11.5. The number of carbonyl (C=O) groups excluding carboxylic acids is 2. The lowest BCUT2D eigenvalue weighted by Gasteiger charge is -2.25. The van der Waals surface area contributed by atoms with E-state index in [2.05, 4.69) is 5.32 Å². The molecule has 2 atom stereocenters. The van der Waals surface area contributed by atoms with E-state index in [4.69, 9.17) is 10.8 Å². The third-order valence-corrected chi connectivity index (χ3v) is 3.23. The fourth-order valence-corrected chi connectivity index (χ4v) is 2.35. The lowest BCUT2D eigenvalue weighted by Crippen LogP contribution is -2.50. The molecule has 1 heterocycles. The number of carboxylic acids is 1. The second kappa shape index (κ2) is 6.96. The van der Waals surface area contributed by atoms with Crippen molar-refractivity contribution in [2.75, 3.05) is 6.54 Å². The molecule has 1 saturated heterocycles. The van der Waals surface area contributed by atoms with Crippen LogP contribution >= 0.6 is 0 Å². The number of rotatable bonds is 6. The van der Waals surface area contributed by atoms with Crippen LogP contribution in [-0.4, -0.2) is 46.5 Å². The molecule has 0 aromatic carbocycles. The van der Waals surface area contributed by atoms with Crippen LogP contribution in [0.25, 0.3) is 0 Å². The van der Waals surface area contributed by atoms with Gasteiger partial charge in [0.1, 0.15) is 6.04 Å². The van der Waals surface area contributed by atoms with Gasteiger partial charge >= 0.3 is 12.0 Å². The van der Waals surface area contributed by atoms with E-state index in [0.29, 0.717) is 19.4 Å². The van der Waals surface area contributed by atoms with Crippen molar-refractivity contribution >= 4 is 17.9 Å². The van der Waals surface area contributed by atoms with Crippen molar-refractivity contribution in [3.05, 3.63) is 0 Å². The van der Waals surface area contributed by atoms with Gasteiger partial charge in [-0.25, -0.2) is 4.79 Å². The summed E-state index contributed by atoms with van der Waals surface area (Å²) in [5.41, 5.74) is 5.24. The van der Waals surface area contributed by atoms with Crippen LogP contribution in [0.5, 0.6) is 0 Å². The second-order valence-corrected chi connectivity index (χ2v) is 4.79. The van der Waals surface area contributed by atoms with Gasteiger partial charge < -0.3 is 21.1 Å². The molecule has 0 aliphatic carbocycles. The first-order chi connectivity index (χ1) is 8.95. The van der Waals surface area contributed by atoms with Crippen LogP contribution in [0, 0.1) is 0 Å². The minimum absolute atomic E-state index is 0.116. The Bertz CT molecular complexity index is 359. The van der Waals surface area contributed by atoms with Crippen LogP contribution < -0.4 is 11.1 Å². The van der Waals surface area contributed by atoms with Crippen LogP contribution in [0.3, 0.4) is 0 Å². The number of urea groups is 1. The van der Waals surface area contributed by atoms with Gasteiger partial charge in [-0.2, -0.15) is 0 Å². The molecule has 1 fully saturated rings. The maximum absolute atomic E-state index is 12.0. The number of likely N-dealkylation sites (tertiary alicyclic amines) is 1. The molecule has 4 N–H and O–H groups in total.